The van der Waals surface area contributed by atoms with Gasteiger partial charge in [-0.1, -0.05) is 18.9 Å². The van der Waals surface area contributed by atoms with Gasteiger partial charge in [-0.2, -0.15) is 5.26 Å². The second-order valence-electron chi connectivity index (χ2n) is 3.30. The van der Waals surface area contributed by atoms with Gasteiger partial charge < -0.3 is 0 Å². The highest BCUT2D eigenvalue weighted by Gasteiger charge is 2.14. The van der Waals surface area contributed by atoms with E-state index in [4.69, 9.17) is 5.26 Å². The van der Waals surface area contributed by atoms with E-state index in [2.05, 4.69) is 13.0 Å². The van der Waals surface area contributed by atoms with Crippen molar-refractivity contribution in [3.63, 3.8) is 0 Å². The Bertz CT molecular complexity index is 186. The molecule has 0 radical (unpaired) electrons. The Morgan fingerprint density at radius 3 is 3.18 bits per heavy atom. The summed E-state index contributed by atoms with van der Waals surface area (Å²) in [5, 5.41) is 8.45. The van der Waals surface area contributed by atoms with Crippen LogP contribution < -0.4 is 0 Å². The Morgan fingerprint density at radius 2 is 2.55 bits per heavy atom. The summed E-state index contributed by atoms with van der Waals surface area (Å²) in [4.78, 5) is 0. The van der Waals surface area contributed by atoms with Gasteiger partial charge in [0.1, 0.15) is 0 Å². The lowest BCUT2D eigenvalue weighted by molar-refractivity contribution is 0.407. The monoisotopic (exact) mass is 149 g/mol. The van der Waals surface area contributed by atoms with Crippen LogP contribution >= 0.6 is 0 Å². The van der Waals surface area contributed by atoms with Gasteiger partial charge in [-0.15, -0.1) is 0 Å². The molecule has 1 aliphatic rings. The molecular weight excluding hydrogens is 134 g/mol. The number of rotatable bonds is 1. The van der Waals surface area contributed by atoms with Gasteiger partial charge in [-0.05, 0) is 31.6 Å². The van der Waals surface area contributed by atoms with E-state index in [0.29, 0.717) is 0 Å². The van der Waals surface area contributed by atoms with E-state index < -0.39 is 0 Å². The van der Waals surface area contributed by atoms with Crippen LogP contribution in [0.2, 0.25) is 0 Å². The largest absolute Gasteiger partial charge is 0.193 e. The lowest BCUT2D eigenvalue weighted by atomic mass is 9.84. The van der Waals surface area contributed by atoms with Crippen LogP contribution in [0, 0.1) is 17.2 Å². The van der Waals surface area contributed by atoms with Gasteiger partial charge in [0, 0.05) is 6.08 Å². The number of hydrogen-bond donors (Lipinski definition) is 0. The maximum absolute atomic E-state index is 8.45. The molecule has 1 heteroatoms. The Kier molecular flexibility index (Phi) is 3.16. The van der Waals surface area contributed by atoms with Gasteiger partial charge in [-0.25, -0.2) is 0 Å². The summed E-state index contributed by atoms with van der Waals surface area (Å²) < 4.78 is 0. The zero-order valence-corrected chi connectivity index (χ0v) is 7.14. The fourth-order valence-electron chi connectivity index (χ4n) is 1.76. The minimum absolute atomic E-state index is 0.850. The van der Waals surface area contributed by atoms with E-state index >= 15 is 0 Å². The summed E-state index contributed by atoms with van der Waals surface area (Å²) in [5.74, 6) is 0.850. The topological polar surface area (TPSA) is 23.8 Å². The van der Waals surface area contributed by atoms with E-state index in [1.807, 2.05) is 0 Å². The second-order valence-corrected chi connectivity index (χ2v) is 3.30. The van der Waals surface area contributed by atoms with E-state index in [1.54, 1.807) is 6.08 Å². The summed E-state index contributed by atoms with van der Waals surface area (Å²) in [6.45, 7) is 2.24. The van der Waals surface area contributed by atoms with Crippen LogP contribution in [0.3, 0.4) is 0 Å². The third-order valence-corrected chi connectivity index (χ3v) is 2.51. The number of allylic oxidation sites excluding steroid dienone is 2. The maximum atomic E-state index is 8.45. The van der Waals surface area contributed by atoms with E-state index in [-0.39, 0.29) is 0 Å². The molecule has 0 bridgehead atoms. The van der Waals surface area contributed by atoms with Crippen LogP contribution in [-0.4, -0.2) is 0 Å². The van der Waals surface area contributed by atoms with Crippen molar-refractivity contribution in [2.24, 2.45) is 5.92 Å². The predicted molar refractivity (Wildman–Crippen MR) is 45.9 cm³/mol. The Balaban J connectivity index is 2.47. The number of hydrogen-bond acceptors (Lipinski definition) is 1. The molecule has 1 rings (SSSR count). The quantitative estimate of drug-likeness (QED) is 0.526. The molecule has 60 valence electrons. The van der Waals surface area contributed by atoms with Gasteiger partial charge >= 0.3 is 0 Å². The summed E-state index contributed by atoms with van der Waals surface area (Å²) in [7, 11) is 0. The van der Waals surface area contributed by atoms with Crippen molar-refractivity contribution in [1.82, 2.24) is 0 Å². The van der Waals surface area contributed by atoms with Crippen LogP contribution in [0.15, 0.2) is 11.6 Å². The molecule has 0 heterocycles. The van der Waals surface area contributed by atoms with Gasteiger partial charge in [0.05, 0.1) is 6.07 Å². The molecule has 1 fully saturated rings. The fraction of sp³-hybridized carbons (Fsp3) is 0.700. The van der Waals surface area contributed by atoms with Crippen molar-refractivity contribution in [1.29, 1.82) is 5.26 Å². The molecule has 0 aromatic heterocycles. The molecular formula is C10H15N. The number of nitriles is 1. The maximum Gasteiger partial charge on any atom is 0.0911 e. The SMILES string of the molecule is CCC1CCC/C(=C/C#N)C1. The van der Waals surface area contributed by atoms with E-state index in [9.17, 15) is 0 Å². The molecule has 0 aliphatic heterocycles. The minimum atomic E-state index is 0.850. The smallest absolute Gasteiger partial charge is 0.0911 e. The summed E-state index contributed by atoms with van der Waals surface area (Å²) in [6, 6.07) is 2.12. The summed E-state index contributed by atoms with van der Waals surface area (Å²) in [5.41, 5.74) is 1.37. The highest BCUT2D eigenvalue weighted by Crippen LogP contribution is 2.29. The van der Waals surface area contributed by atoms with Gasteiger partial charge in [0.15, 0.2) is 0 Å². The van der Waals surface area contributed by atoms with Crippen molar-refractivity contribution < 1.29 is 0 Å². The fourth-order valence-corrected chi connectivity index (χ4v) is 1.76. The first-order valence-corrected chi connectivity index (χ1v) is 4.44. The molecule has 11 heavy (non-hydrogen) atoms. The Morgan fingerprint density at radius 1 is 1.73 bits per heavy atom. The normalized spacial score (nSPS) is 28.4. The zero-order chi connectivity index (χ0) is 8.10. The highest BCUT2D eigenvalue weighted by molar-refractivity contribution is 5.15. The number of nitrogens with zero attached hydrogens (tertiary/aromatic N) is 1. The molecule has 0 spiro atoms. The average molecular weight is 149 g/mol. The molecule has 1 nitrogen and oxygen atoms in total. The summed E-state index contributed by atoms with van der Waals surface area (Å²) >= 11 is 0. The second kappa shape index (κ2) is 4.18. The summed E-state index contributed by atoms with van der Waals surface area (Å²) in [6.07, 6.45) is 7.98. The van der Waals surface area contributed by atoms with Crippen LogP contribution in [0.25, 0.3) is 0 Å². The molecule has 0 amide bonds. The van der Waals surface area contributed by atoms with Crippen molar-refractivity contribution in [3.8, 4) is 6.07 Å². The molecule has 0 N–H and O–H groups in total. The molecule has 1 atom stereocenters. The van der Waals surface area contributed by atoms with Gasteiger partial charge in [-0.3, -0.25) is 0 Å². The first kappa shape index (κ1) is 8.33. The minimum Gasteiger partial charge on any atom is -0.193 e. The molecule has 1 saturated carbocycles. The van der Waals surface area contributed by atoms with Gasteiger partial charge in [0.25, 0.3) is 0 Å². The van der Waals surface area contributed by atoms with Crippen LogP contribution in [0.5, 0.6) is 0 Å². The van der Waals surface area contributed by atoms with E-state index in [0.717, 1.165) is 12.3 Å². The third-order valence-electron chi connectivity index (χ3n) is 2.51. The Labute approximate surface area is 68.7 Å². The zero-order valence-electron chi connectivity index (χ0n) is 7.14. The average Bonchev–Trinajstić information content (AvgIpc) is 2.06. The van der Waals surface area contributed by atoms with Crippen LogP contribution in [0.4, 0.5) is 0 Å². The molecule has 0 aromatic carbocycles. The first-order valence-electron chi connectivity index (χ1n) is 4.44. The first-order chi connectivity index (χ1) is 5.36. The van der Waals surface area contributed by atoms with Crippen molar-refractivity contribution >= 4 is 0 Å². The van der Waals surface area contributed by atoms with Gasteiger partial charge in [0.2, 0.25) is 0 Å². The molecule has 0 aromatic rings. The lowest BCUT2D eigenvalue weighted by Crippen LogP contribution is -2.06. The molecule has 1 aliphatic carbocycles. The predicted octanol–water partition coefficient (Wildman–Crippen LogP) is 3.04. The van der Waals surface area contributed by atoms with E-state index in [1.165, 1.54) is 31.3 Å². The highest BCUT2D eigenvalue weighted by atomic mass is 14.2. The van der Waals surface area contributed by atoms with Crippen LogP contribution in [0.1, 0.15) is 39.0 Å². The Hall–Kier alpha value is -0.770. The third kappa shape index (κ3) is 2.38. The lowest BCUT2D eigenvalue weighted by Gasteiger charge is -2.21. The van der Waals surface area contributed by atoms with Crippen molar-refractivity contribution in [2.45, 2.75) is 39.0 Å². The van der Waals surface area contributed by atoms with Crippen molar-refractivity contribution in [2.75, 3.05) is 0 Å². The van der Waals surface area contributed by atoms with Crippen molar-refractivity contribution in [3.05, 3.63) is 11.6 Å². The molecule has 1 unspecified atom stereocenters. The standard InChI is InChI=1S/C10H15N/c1-2-9-4-3-5-10(8-9)6-7-11/h6,9H,2-5,8H2,1H3/b10-6-. The van der Waals surface area contributed by atoms with Crippen LogP contribution in [-0.2, 0) is 0 Å². The molecule has 0 saturated heterocycles.